The van der Waals surface area contributed by atoms with Crippen molar-refractivity contribution in [2.75, 3.05) is 33.4 Å². The number of aryl methyl sites for hydroxylation is 2. The van der Waals surface area contributed by atoms with Gasteiger partial charge in [-0.05, 0) is 13.3 Å². The van der Waals surface area contributed by atoms with Crippen LogP contribution in [0.25, 0.3) is 0 Å². The molecule has 0 spiro atoms. The van der Waals surface area contributed by atoms with Gasteiger partial charge < -0.3 is 19.4 Å². The Morgan fingerprint density at radius 3 is 2.82 bits per heavy atom. The molecule has 7 nitrogen and oxygen atoms in total. The third-order valence-corrected chi connectivity index (χ3v) is 4.77. The first-order valence-electron chi connectivity index (χ1n) is 7.51. The molecule has 2 fully saturated rings. The van der Waals surface area contributed by atoms with Gasteiger partial charge in [0.1, 0.15) is 0 Å². The lowest BCUT2D eigenvalue weighted by Crippen LogP contribution is -2.49. The molecule has 22 heavy (non-hydrogen) atoms. The van der Waals surface area contributed by atoms with Crippen molar-refractivity contribution in [3.8, 4) is 0 Å². The summed E-state index contributed by atoms with van der Waals surface area (Å²) in [7, 11) is 1.64. The normalized spacial score (nSPS) is 27.6. The summed E-state index contributed by atoms with van der Waals surface area (Å²) in [6, 6.07) is 0. The zero-order chi connectivity index (χ0) is 15.9. The molecule has 1 N–H and O–H groups in total. The topological polar surface area (TPSA) is 84.7 Å². The van der Waals surface area contributed by atoms with Crippen molar-refractivity contribution >= 4 is 11.8 Å². The molecule has 0 saturated carbocycles. The van der Waals surface area contributed by atoms with Crippen LogP contribution in [-0.4, -0.2) is 55.0 Å². The van der Waals surface area contributed by atoms with E-state index in [1.165, 1.54) is 0 Å². The van der Waals surface area contributed by atoms with Crippen LogP contribution in [0.1, 0.15) is 28.6 Å². The lowest BCUT2D eigenvalue weighted by atomic mass is 9.73. The van der Waals surface area contributed by atoms with Crippen LogP contribution in [0.2, 0.25) is 0 Å². The summed E-state index contributed by atoms with van der Waals surface area (Å²) in [5, 5.41) is 2.74. The van der Waals surface area contributed by atoms with E-state index in [1.807, 2.05) is 0 Å². The first kappa shape index (κ1) is 15.0. The Bertz CT molecular complexity index is 612. The minimum atomic E-state index is -0.550. The molecule has 0 unspecified atom stereocenters. The van der Waals surface area contributed by atoms with Gasteiger partial charge in [-0.1, -0.05) is 0 Å². The highest BCUT2D eigenvalue weighted by molar-refractivity contribution is 5.94. The second kappa shape index (κ2) is 5.39. The van der Waals surface area contributed by atoms with Crippen LogP contribution in [0, 0.1) is 25.2 Å². The Kier molecular flexibility index (Phi) is 3.68. The summed E-state index contributed by atoms with van der Waals surface area (Å²) in [4.78, 5) is 30.9. The summed E-state index contributed by atoms with van der Waals surface area (Å²) < 4.78 is 10.9. The number of aromatic nitrogens is 1. The van der Waals surface area contributed by atoms with Gasteiger partial charge in [-0.25, -0.2) is 4.98 Å². The molecule has 2 aliphatic rings. The van der Waals surface area contributed by atoms with Gasteiger partial charge in [-0.2, -0.15) is 0 Å². The first-order valence-corrected chi connectivity index (χ1v) is 7.51. The van der Waals surface area contributed by atoms with E-state index in [0.717, 1.165) is 0 Å². The molecule has 1 aromatic rings. The summed E-state index contributed by atoms with van der Waals surface area (Å²) in [6.45, 7) is 5.43. The molecule has 0 aromatic carbocycles. The van der Waals surface area contributed by atoms with E-state index in [1.54, 1.807) is 25.8 Å². The molecule has 0 aliphatic carbocycles. The van der Waals surface area contributed by atoms with Crippen LogP contribution in [0.4, 0.5) is 0 Å². The highest BCUT2D eigenvalue weighted by Crippen LogP contribution is 2.42. The molecule has 2 aliphatic heterocycles. The Morgan fingerprint density at radius 2 is 2.18 bits per heavy atom. The highest BCUT2D eigenvalue weighted by atomic mass is 16.5. The summed E-state index contributed by atoms with van der Waals surface area (Å²) in [5.41, 5.74) is 0.0358. The number of carbonyl (C=O) groups is 2. The Morgan fingerprint density at radius 1 is 1.41 bits per heavy atom. The van der Waals surface area contributed by atoms with Gasteiger partial charge in [0.2, 0.25) is 11.7 Å². The van der Waals surface area contributed by atoms with E-state index in [9.17, 15) is 9.59 Å². The fourth-order valence-electron chi connectivity index (χ4n) is 3.60. The second-order valence-corrected chi connectivity index (χ2v) is 6.09. The maximum absolute atomic E-state index is 12.7. The van der Waals surface area contributed by atoms with E-state index in [-0.39, 0.29) is 23.5 Å². The van der Waals surface area contributed by atoms with Gasteiger partial charge in [-0.15, -0.1) is 0 Å². The van der Waals surface area contributed by atoms with Crippen molar-refractivity contribution in [2.24, 2.45) is 11.3 Å². The Hall–Kier alpha value is -1.89. The lowest BCUT2D eigenvalue weighted by Gasteiger charge is -2.36. The second-order valence-electron chi connectivity index (χ2n) is 6.09. The van der Waals surface area contributed by atoms with E-state index in [2.05, 4.69) is 10.3 Å². The average Bonchev–Trinajstić information content (AvgIpc) is 3.06. The van der Waals surface area contributed by atoms with Crippen molar-refractivity contribution in [3.05, 3.63) is 17.3 Å². The molecule has 2 atom stereocenters. The molecule has 3 rings (SSSR count). The number of ether oxygens (including phenoxy) is 1. The van der Waals surface area contributed by atoms with E-state index < -0.39 is 5.41 Å². The van der Waals surface area contributed by atoms with Gasteiger partial charge >= 0.3 is 0 Å². The zero-order valence-electron chi connectivity index (χ0n) is 13.1. The summed E-state index contributed by atoms with van der Waals surface area (Å²) >= 11 is 0. The number of likely N-dealkylation sites (tertiary alicyclic amines) is 1. The van der Waals surface area contributed by atoms with Gasteiger partial charge in [0.15, 0.2) is 5.89 Å². The number of nitrogens with zero attached hydrogens (tertiary/aromatic N) is 2. The number of carbonyl (C=O) groups excluding carboxylic acids is 2. The molecule has 120 valence electrons. The van der Waals surface area contributed by atoms with Crippen molar-refractivity contribution in [1.29, 1.82) is 0 Å². The fourth-order valence-corrected chi connectivity index (χ4v) is 3.60. The standard InChI is InChI=1S/C15H21N3O4/c1-9-12(22-10(2)17-9)13(19)18-6-11-7-21-5-4-15(11,8-18)14(20)16-3/h11H,4-8H2,1-3H3,(H,16,20)/t11-,15+/m1/s1. The minimum absolute atomic E-state index is 0.0124. The third-order valence-electron chi connectivity index (χ3n) is 4.77. The zero-order valence-corrected chi connectivity index (χ0v) is 13.1. The summed E-state index contributed by atoms with van der Waals surface area (Å²) in [6.07, 6.45) is 0.634. The van der Waals surface area contributed by atoms with Gasteiger partial charge in [0, 0.05) is 39.6 Å². The molecular weight excluding hydrogens is 286 g/mol. The van der Waals surface area contributed by atoms with Crippen LogP contribution < -0.4 is 5.32 Å². The molecule has 7 heteroatoms. The smallest absolute Gasteiger partial charge is 0.291 e. The molecule has 2 saturated heterocycles. The molecule has 3 heterocycles. The van der Waals surface area contributed by atoms with Crippen molar-refractivity contribution in [2.45, 2.75) is 20.3 Å². The molecular formula is C15H21N3O4. The van der Waals surface area contributed by atoms with Gasteiger partial charge in [0.25, 0.3) is 5.91 Å². The Balaban J connectivity index is 1.87. The summed E-state index contributed by atoms with van der Waals surface area (Å²) in [5.74, 6) is 0.553. The van der Waals surface area contributed by atoms with Crippen molar-refractivity contribution < 1.29 is 18.7 Å². The number of oxazole rings is 1. The third kappa shape index (κ3) is 2.20. The molecule has 1 aromatic heterocycles. The van der Waals surface area contributed by atoms with Crippen LogP contribution >= 0.6 is 0 Å². The maximum atomic E-state index is 12.7. The van der Waals surface area contributed by atoms with E-state index >= 15 is 0 Å². The molecule has 0 bridgehead atoms. The van der Waals surface area contributed by atoms with Gasteiger partial charge in [0.05, 0.1) is 17.7 Å². The lowest BCUT2D eigenvalue weighted by molar-refractivity contribution is -0.138. The quantitative estimate of drug-likeness (QED) is 0.861. The predicted molar refractivity (Wildman–Crippen MR) is 77.3 cm³/mol. The van der Waals surface area contributed by atoms with Crippen LogP contribution in [0.15, 0.2) is 4.42 Å². The largest absolute Gasteiger partial charge is 0.436 e. The van der Waals surface area contributed by atoms with E-state index in [0.29, 0.717) is 44.3 Å². The molecule has 2 amide bonds. The number of rotatable bonds is 2. The maximum Gasteiger partial charge on any atom is 0.291 e. The first-order chi connectivity index (χ1) is 10.5. The van der Waals surface area contributed by atoms with Gasteiger partial charge in [-0.3, -0.25) is 9.59 Å². The van der Waals surface area contributed by atoms with Crippen molar-refractivity contribution in [1.82, 2.24) is 15.2 Å². The van der Waals surface area contributed by atoms with Crippen molar-refractivity contribution in [3.63, 3.8) is 0 Å². The number of hydrogen-bond acceptors (Lipinski definition) is 5. The monoisotopic (exact) mass is 307 g/mol. The Labute approximate surface area is 129 Å². The number of hydrogen-bond donors (Lipinski definition) is 1. The minimum Gasteiger partial charge on any atom is -0.436 e. The predicted octanol–water partition coefficient (Wildman–Crippen LogP) is 0.516. The highest BCUT2D eigenvalue weighted by Gasteiger charge is 2.54. The number of fused-ring (bicyclic) bond motifs is 1. The SMILES string of the molecule is CNC(=O)[C@]12CCOC[C@H]1CN(C(=O)c1oc(C)nc1C)C2. The fraction of sp³-hybridized carbons (Fsp3) is 0.667. The number of amides is 2. The molecule has 0 radical (unpaired) electrons. The number of nitrogens with one attached hydrogen (secondary N) is 1. The van der Waals surface area contributed by atoms with E-state index in [4.69, 9.17) is 9.15 Å². The average molecular weight is 307 g/mol. The van der Waals surface area contributed by atoms with Crippen LogP contribution in [-0.2, 0) is 9.53 Å². The van der Waals surface area contributed by atoms with Crippen LogP contribution in [0.5, 0.6) is 0 Å². The van der Waals surface area contributed by atoms with Crippen LogP contribution in [0.3, 0.4) is 0 Å².